The quantitative estimate of drug-likeness (QED) is 0.777. The first kappa shape index (κ1) is 17.0. The summed E-state index contributed by atoms with van der Waals surface area (Å²) in [7, 11) is 1.27. The van der Waals surface area contributed by atoms with E-state index in [2.05, 4.69) is 0 Å². The molecule has 120 valence electrons. The van der Waals surface area contributed by atoms with Crippen molar-refractivity contribution in [2.75, 3.05) is 7.11 Å². The van der Waals surface area contributed by atoms with Crippen LogP contribution in [0, 0.1) is 0 Å². The Hall–Kier alpha value is -2.33. The highest BCUT2D eigenvalue weighted by molar-refractivity contribution is 6.30. The largest absolute Gasteiger partial charge is 0.466 e. The number of ether oxygens (including phenoxy) is 2. The van der Waals surface area contributed by atoms with Gasteiger partial charge < -0.3 is 9.47 Å². The summed E-state index contributed by atoms with van der Waals surface area (Å²) >= 11 is 5.90. The minimum atomic E-state index is -1.49. The molecule has 0 bridgehead atoms. The number of benzene rings is 2. The normalized spacial score (nSPS) is 13.0. The fraction of sp³-hybridized carbons (Fsp3) is 0.222. The van der Waals surface area contributed by atoms with E-state index in [-0.39, 0.29) is 12.0 Å². The summed E-state index contributed by atoms with van der Waals surface area (Å²) < 4.78 is 10.5. The number of hydrogen-bond donors (Lipinski definition) is 0. The van der Waals surface area contributed by atoms with Crippen molar-refractivity contribution in [2.45, 2.75) is 18.9 Å². The van der Waals surface area contributed by atoms with Crippen LogP contribution in [0.4, 0.5) is 0 Å². The van der Waals surface area contributed by atoms with Crippen LogP contribution < -0.4 is 0 Å². The maximum Gasteiger partial charge on any atom is 0.355 e. The summed E-state index contributed by atoms with van der Waals surface area (Å²) in [6, 6.07) is 15.2. The van der Waals surface area contributed by atoms with Gasteiger partial charge in [-0.2, -0.15) is 0 Å². The second kappa shape index (κ2) is 7.29. The second-order valence-electron chi connectivity index (χ2n) is 4.94. The van der Waals surface area contributed by atoms with Gasteiger partial charge in [0.1, 0.15) is 0 Å². The van der Waals surface area contributed by atoms with Crippen molar-refractivity contribution < 1.29 is 19.1 Å². The maximum atomic E-state index is 12.5. The van der Waals surface area contributed by atoms with Gasteiger partial charge in [0.25, 0.3) is 0 Å². The van der Waals surface area contributed by atoms with Gasteiger partial charge in [0.15, 0.2) is 0 Å². The molecule has 4 nitrogen and oxygen atoms in total. The maximum absolute atomic E-state index is 12.5. The molecule has 2 aromatic rings. The van der Waals surface area contributed by atoms with Gasteiger partial charge in [0, 0.05) is 10.6 Å². The molecule has 5 heteroatoms. The third-order valence-corrected chi connectivity index (χ3v) is 3.82. The van der Waals surface area contributed by atoms with Crippen LogP contribution in [-0.2, 0) is 19.9 Å². The average molecular weight is 333 g/mol. The predicted octanol–water partition coefficient (Wildman–Crippen LogP) is 3.98. The summed E-state index contributed by atoms with van der Waals surface area (Å²) in [5, 5.41) is 0.416. The van der Waals surface area contributed by atoms with Gasteiger partial charge in [-0.3, -0.25) is 0 Å². The smallest absolute Gasteiger partial charge is 0.355 e. The number of carbonyl (C=O) groups is 2. The minimum Gasteiger partial charge on any atom is -0.466 e. The molecule has 23 heavy (non-hydrogen) atoms. The fourth-order valence-corrected chi connectivity index (χ4v) is 2.53. The fourth-order valence-electron chi connectivity index (χ4n) is 2.34. The molecule has 0 aliphatic carbocycles. The van der Waals surface area contributed by atoms with Crippen LogP contribution in [-0.4, -0.2) is 19.0 Å². The van der Waals surface area contributed by atoms with Crippen molar-refractivity contribution in [1.82, 2.24) is 0 Å². The van der Waals surface area contributed by atoms with Crippen LogP contribution in [0.3, 0.4) is 0 Å². The third-order valence-electron chi connectivity index (χ3n) is 3.58. The van der Waals surface area contributed by atoms with Gasteiger partial charge >= 0.3 is 11.9 Å². The molecule has 0 spiro atoms. The lowest BCUT2D eigenvalue weighted by Gasteiger charge is -2.30. The molecule has 0 amide bonds. The molecule has 0 saturated carbocycles. The van der Waals surface area contributed by atoms with E-state index in [0.717, 1.165) is 0 Å². The molecule has 0 radical (unpaired) electrons. The SMILES string of the molecule is CCC(OC(=O)c1cccc(Cl)c1)(C(=O)OC)c1ccccc1. The molecule has 0 aliphatic heterocycles. The van der Waals surface area contributed by atoms with Crippen molar-refractivity contribution >= 4 is 23.5 Å². The van der Waals surface area contributed by atoms with Crippen LogP contribution >= 0.6 is 11.6 Å². The molecular weight excluding hydrogens is 316 g/mol. The molecule has 0 N–H and O–H groups in total. The lowest BCUT2D eigenvalue weighted by atomic mass is 9.90. The highest BCUT2D eigenvalue weighted by atomic mass is 35.5. The molecule has 0 fully saturated rings. The van der Waals surface area contributed by atoms with E-state index in [4.69, 9.17) is 21.1 Å². The van der Waals surface area contributed by atoms with Crippen molar-refractivity contribution in [3.63, 3.8) is 0 Å². The Balaban J connectivity index is 2.42. The van der Waals surface area contributed by atoms with Gasteiger partial charge in [-0.15, -0.1) is 0 Å². The number of hydrogen-bond acceptors (Lipinski definition) is 4. The predicted molar refractivity (Wildman–Crippen MR) is 87.3 cm³/mol. The van der Waals surface area contributed by atoms with Gasteiger partial charge in [0.05, 0.1) is 12.7 Å². The molecule has 0 aromatic heterocycles. The molecule has 2 aromatic carbocycles. The molecule has 2 rings (SSSR count). The van der Waals surface area contributed by atoms with Crippen molar-refractivity contribution in [3.8, 4) is 0 Å². The number of halogens is 1. The molecular formula is C18H17ClO4. The first-order chi connectivity index (χ1) is 11.0. The van der Waals surface area contributed by atoms with Crippen LogP contribution in [0.15, 0.2) is 54.6 Å². The zero-order valence-electron chi connectivity index (χ0n) is 12.9. The Bertz CT molecular complexity index is 699. The van der Waals surface area contributed by atoms with Crippen LogP contribution in [0.1, 0.15) is 29.3 Å². The molecule has 0 aliphatic rings. The number of esters is 2. The Morgan fingerprint density at radius 2 is 1.78 bits per heavy atom. The number of carbonyl (C=O) groups excluding carboxylic acids is 2. The molecule has 0 heterocycles. The van der Waals surface area contributed by atoms with Gasteiger partial charge in [-0.25, -0.2) is 9.59 Å². The lowest BCUT2D eigenvalue weighted by Crippen LogP contribution is -2.41. The standard InChI is InChI=1S/C18H17ClO4/c1-3-18(17(21)22-2,14-9-5-4-6-10-14)23-16(20)13-8-7-11-15(19)12-13/h4-12H,3H2,1-2H3. The van der Waals surface area contributed by atoms with Crippen LogP contribution in [0.25, 0.3) is 0 Å². The number of rotatable bonds is 5. The van der Waals surface area contributed by atoms with Crippen LogP contribution in [0.2, 0.25) is 5.02 Å². The van der Waals surface area contributed by atoms with Gasteiger partial charge in [-0.1, -0.05) is 54.9 Å². The zero-order chi connectivity index (χ0) is 16.9. The highest BCUT2D eigenvalue weighted by Crippen LogP contribution is 2.32. The summed E-state index contributed by atoms with van der Waals surface area (Å²) in [6.45, 7) is 1.76. The summed E-state index contributed by atoms with van der Waals surface area (Å²) in [5.74, 6) is -1.26. The Labute approximate surface area is 140 Å². The minimum absolute atomic E-state index is 0.246. The molecule has 1 unspecified atom stereocenters. The van der Waals surface area contributed by atoms with E-state index in [0.29, 0.717) is 10.6 Å². The average Bonchev–Trinajstić information content (AvgIpc) is 2.59. The molecule has 0 saturated heterocycles. The van der Waals surface area contributed by atoms with Crippen molar-refractivity contribution in [3.05, 3.63) is 70.7 Å². The first-order valence-electron chi connectivity index (χ1n) is 7.16. The van der Waals surface area contributed by atoms with E-state index < -0.39 is 17.5 Å². The summed E-state index contributed by atoms with van der Waals surface area (Å²) in [4.78, 5) is 24.9. The first-order valence-corrected chi connectivity index (χ1v) is 7.54. The Morgan fingerprint density at radius 3 is 2.35 bits per heavy atom. The topological polar surface area (TPSA) is 52.6 Å². The summed E-state index contributed by atoms with van der Waals surface area (Å²) in [5.41, 5.74) is -0.657. The second-order valence-corrected chi connectivity index (χ2v) is 5.37. The van der Waals surface area contributed by atoms with Gasteiger partial charge in [-0.05, 0) is 24.6 Å². The highest BCUT2D eigenvalue weighted by Gasteiger charge is 2.44. The third kappa shape index (κ3) is 3.54. The van der Waals surface area contributed by atoms with E-state index in [1.54, 1.807) is 49.4 Å². The Kier molecular flexibility index (Phi) is 5.40. The van der Waals surface area contributed by atoms with E-state index >= 15 is 0 Å². The van der Waals surface area contributed by atoms with Crippen molar-refractivity contribution in [1.29, 1.82) is 0 Å². The van der Waals surface area contributed by atoms with Crippen LogP contribution in [0.5, 0.6) is 0 Å². The van der Waals surface area contributed by atoms with E-state index in [1.807, 2.05) is 6.07 Å². The zero-order valence-corrected chi connectivity index (χ0v) is 13.7. The van der Waals surface area contributed by atoms with E-state index in [1.165, 1.54) is 13.2 Å². The van der Waals surface area contributed by atoms with Gasteiger partial charge in [0.2, 0.25) is 5.60 Å². The van der Waals surface area contributed by atoms with Crippen molar-refractivity contribution in [2.24, 2.45) is 0 Å². The Morgan fingerprint density at radius 1 is 1.09 bits per heavy atom. The monoisotopic (exact) mass is 332 g/mol. The molecule has 1 atom stereocenters. The summed E-state index contributed by atoms with van der Waals surface area (Å²) in [6.07, 6.45) is 0.246. The number of methoxy groups -OCH3 is 1. The van der Waals surface area contributed by atoms with E-state index in [9.17, 15) is 9.59 Å². The lowest BCUT2D eigenvalue weighted by molar-refractivity contribution is -0.164.